The van der Waals surface area contributed by atoms with Crippen LogP contribution in [0.15, 0.2) is 0 Å². The van der Waals surface area contributed by atoms with Gasteiger partial charge < -0.3 is 48.4 Å². The van der Waals surface area contributed by atoms with E-state index in [-0.39, 0.29) is 53.9 Å². The molecule has 0 unspecified atom stereocenters. The van der Waals surface area contributed by atoms with Gasteiger partial charge in [-0.1, -0.05) is 14.9 Å². The molecule has 6 fully saturated rings. The minimum atomic E-state index is -0.190. The molecule has 8 rings (SSSR count). The van der Waals surface area contributed by atoms with Gasteiger partial charge in [0.1, 0.15) is 0 Å². The van der Waals surface area contributed by atoms with Gasteiger partial charge in [0.25, 0.3) is 0 Å². The van der Waals surface area contributed by atoms with E-state index in [1.54, 1.807) is 0 Å². The largest absolute Gasteiger partial charge is 0.378 e. The molecule has 0 amide bonds. The number of rotatable bonds is 3. The van der Waals surface area contributed by atoms with E-state index in [4.69, 9.17) is 68.2 Å². The van der Waals surface area contributed by atoms with Gasteiger partial charge in [0.05, 0.1) is 115 Å². The molecule has 0 saturated carbocycles. The van der Waals surface area contributed by atoms with Gasteiger partial charge in [0, 0.05) is 13.1 Å². The Morgan fingerprint density at radius 2 is 0.902 bits per heavy atom. The van der Waals surface area contributed by atoms with Crippen LogP contribution in [0.4, 0.5) is 17.8 Å². The number of nitrogens with zero attached hydrogens (tertiary/aromatic N) is 9. The second-order valence-electron chi connectivity index (χ2n) is 13.8. The van der Waals surface area contributed by atoms with E-state index < -0.39 is 0 Å². The number of fused-ring (bicyclic) bond motifs is 4. The second kappa shape index (κ2) is 18.4. The number of anilines is 3. The molecule has 0 radical (unpaired) electrons. The van der Waals surface area contributed by atoms with Crippen molar-refractivity contribution in [3.63, 3.8) is 0 Å². The quantitative estimate of drug-likeness (QED) is 0.485. The Bertz CT molecular complexity index is 1360. The highest BCUT2D eigenvalue weighted by Gasteiger charge is 2.39. The predicted molar refractivity (Wildman–Crippen MR) is 197 cm³/mol. The van der Waals surface area contributed by atoms with Gasteiger partial charge in [0.2, 0.25) is 33.7 Å². The number of hydrogen-bond donors (Lipinski definition) is 1. The van der Waals surface area contributed by atoms with Crippen molar-refractivity contribution in [3.05, 3.63) is 15.9 Å². The maximum absolute atomic E-state index is 6.23. The van der Waals surface area contributed by atoms with Gasteiger partial charge in [-0.25, -0.2) is 0 Å². The number of hydrogen-bond acceptors (Lipinski definition) is 16. The Hall–Kier alpha value is -1.99. The molecule has 0 atom stereocenters. The molecule has 6 aliphatic heterocycles. The first-order valence-electron chi connectivity index (χ1n) is 16.5. The molecule has 0 aliphatic carbocycles. The van der Waals surface area contributed by atoms with E-state index in [1.165, 1.54) is 0 Å². The highest BCUT2D eigenvalue weighted by Crippen LogP contribution is 2.30. The van der Waals surface area contributed by atoms with Crippen LogP contribution in [0, 0.1) is 0 Å². The van der Waals surface area contributed by atoms with Crippen molar-refractivity contribution in [2.75, 3.05) is 107 Å². The number of halogens is 3. The van der Waals surface area contributed by atoms with E-state index >= 15 is 0 Å². The monoisotopic (exact) mass is 778 g/mol. The normalized spacial score (nSPS) is 27.7. The zero-order valence-corrected chi connectivity index (χ0v) is 30.6. The third-order valence-corrected chi connectivity index (χ3v) is 9.44. The van der Waals surface area contributed by atoms with Crippen LogP contribution < -0.4 is 20.0 Å². The van der Waals surface area contributed by atoms with E-state index in [1.807, 2.05) is 4.90 Å². The molecule has 1 N–H and O–H groups in total. The lowest BCUT2D eigenvalue weighted by Crippen LogP contribution is -2.60. The molecule has 2 aromatic rings. The summed E-state index contributed by atoms with van der Waals surface area (Å²) in [6, 6.07) is 1.14. The molecule has 6 saturated heterocycles. The summed E-state index contributed by atoms with van der Waals surface area (Å²) < 4.78 is 32.9. The van der Waals surface area contributed by atoms with Crippen molar-refractivity contribution >= 4 is 52.6 Å². The maximum Gasteiger partial charge on any atom is 0.232 e. The summed E-state index contributed by atoms with van der Waals surface area (Å²) >= 11 is 17.7. The fraction of sp³-hybridized carbons (Fsp3) is 0.812. The Balaban J connectivity index is 0.000000186. The molecule has 0 aromatic carbocycles. The average Bonchev–Trinajstić information content (AvgIpc) is 3.04. The third-order valence-electron chi connectivity index (χ3n) is 8.93. The lowest BCUT2D eigenvalue weighted by molar-refractivity contribution is -0.0556. The van der Waals surface area contributed by atoms with Crippen LogP contribution in [-0.2, 0) is 28.4 Å². The van der Waals surface area contributed by atoms with E-state index in [0.717, 1.165) is 33.0 Å². The number of ether oxygens (including phenoxy) is 6. The van der Waals surface area contributed by atoms with E-state index in [0.29, 0.717) is 89.3 Å². The molecule has 0 spiro atoms. The summed E-state index contributed by atoms with van der Waals surface area (Å²) in [6.45, 7) is 18.0. The van der Waals surface area contributed by atoms with E-state index in [2.05, 4.69) is 67.7 Å². The van der Waals surface area contributed by atoms with Crippen LogP contribution in [0.25, 0.3) is 0 Å². The molecule has 8 heterocycles. The highest BCUT2D eigenvalue weighted by molar-refractivity contribution is 6.31. The zero-order valence-electron chi connectivity index (χ0n) is 28.3. The van der Waals surface area contributed by atoms with Crippen LogP contribution in [-0.4, -0.2) is 158 Å². The van der Waals surface area contributed by atoms with Crippen LogP contribution in [0.2, 0.25) is 15.9 Å². The lowest BCUT2D eigenvalue weighted by Gasteiger charge is -2.46. The zero-order chi connectivity index (χ0) is 34.6. The first-order chi connectivity index (χ1) is 23.5. The molecule has 6 aliphatic rings. The molecule has 4 bridgehead atoms. The van der Waals surface area contributed by atoms with Crippen LogP contribution in [0.1, 0.15) is 42.5 Å². The Morgan fingerprint density at radius 1 is 0.529 bits per heavy atom. The summed E-state index contributed by atoms with van der Waals surface area (Å²) in [6.07, 6.45) is 0. The topological polar surface area (TPSA) is 154 Å². The van der Waals surface area contributed by atoms with Crippen molar-refractivity contribution in [1.82, 2.24) is 35.2 Å². The average molecular weight is 780 g/mol. The number of aromatic nitrogens is 6. The summed E-state index contributed by atoms with van der Waals surface area (Å²) in [4.78, 5) is 31.7. The summed E-state index contributed by atoms with van der Waals surface area (Å²) in [7, 11) is 0. The molecule has 16 nitrogen and oxygen atoms in total. The second-order valence-corrected chi connectivity index (χ2v) is 14.9. The van der Waals surface area contributed by atoms with Crippen molar-refractivity contribution in [2.45, 2.75) is 77.8 Å². The summed E-state index contributed by atoms with van der Waals surface area (Å²) in [5.74, 6) is 1.70. The van der Waals surface area contributed by atoms with Gasteiger partial charge in [-0.15, -0.1) is 0 Å². The Morgan fingerprint density at radius 3 is 1.31 bits per heavy atom. The number of nitrogens with one attached hydrogen (secondary N) is 1. The van der Waals surface area contributed by atoms with Crippen LogP contribution >= 0.6 is 34.8 Å². The third kappa shape index (κ3) is 10.6. The smallest absolute Gasteiger partial charge is 0.232 e. The molecule has 288 valence electrons. The SMILES string of the molecule is C.C.C1OCC2COCC1N2.CC1(C)COCCN1c1nc(Cl)nc(Cl)n1.CC1(C)COCCN1c1nc(Cl)nc(N2C3COCC2COC3)n1. The fourth-order valence-corrected chi connectivity index (χ4v) is 7.02. The predicted octanol–water partition coefficient (Wildman–Crippen LogP) is 3.18. The van der Waals surface area contributed by atoms with Crippen LogP contribution in [0.3, 0.4) is 0 Å². The molecular formula is C32H53Cl3N10O6. The van der Waals surface area contributed by atoms with Crippen molar-refractivity contribution in [1.29, 1.82) is 0 Å². The van der Waals surface area contributed by atoms with Gasteiger partial charge in [-0.2, -0.15) is 29.9 Å². The maximum atomic E-state index is 6.23. The minimum Gasteiger partial charge on any atom is -0.378 e. The van der Waals surface area contributed by atoms with Gasteiger partial charge in [-0.05, 0) is 62.5 Å². The fourth-order valence-electron chi connectivity index (χ4n) is 6.51. The summed E-state index contributed by atoms with van der Waals surface area (Å²) in [5.41, 5.74) is -0.365. The Kier molecular flexibility index (Phi) is 15.0. The lowest BCUT2D eigenvalue weighted by atomic mass is 10.0. The minimum absolute atomic E-state index is 0. The van der Waals surface area contributed by atoms with Crippen LogP contribution in [0.5, 0.6) is 0 Å². The molecular weight excluding hydrogens is 727 g/mol. The Labute approximate surface area is 316 Å². The molecule has 2 aromatic heterocycles. The van der Waals surface area contributed by atoms with Gasteiger partial charge in [0.15, 0.2) is 0 Å². The van der Waals surface area contributed by atoms with Gasteiger partial charge in [-0.3, -0.25) is 0 Å². The first kappa shape index (κ1) is 41.8. The van der Waals surface area contributed by atoms with E-state index in [9.17, 15) is 0 Å². The number of morpholine rings is 6. The highest BCUT2D eigenvalue weighted by atomic mass is 35.5. The van der Waals surface area contributed by atoms with Crippen molar-refractivity contribution in [2.24, 2.45) is 0 Å². The molecule has 19 heteroatoms. The van der Waals surface area contributed by atoms with Gasteiger partial charge >= 0.3 is 0 Å². The first-order valence-corrected chi connectivity index (χ1v) is 17.7. The van der Waals surface area contributed by atoms with Crippen molar-refractivity contribution in [3.8, 4) is 0 Å². The molecule has 51 heavy (non-hydrogen) atoms. The standard InChI is InChI=1S/C15H22ClN5O3.C9H12Cl2N4O.C6H11NO2.2CH4/c1-15(2)9-22-4-3-20(15)13-17-12(16)18-14(19-13)21-10-5-23-7-11(21)8-24-6-10;1-9(2)5-16-4-3-15(9)8-13-6(10)12-7(11)14-8;1-5-2-9-4-6(7-5)3-8-1;;/h10-11H,3-9H2,1-2H3;3-5H2,1-2H3;5-7H,1-4H2;2*1H4. The van der Waals surface area contributed by atoms with Crippen molar-refractivity contribution < 1.29 is 28.4 Å². The summed E-state index contributed by atoms with van der Waals surface area (Å²) in [5, 5.41) is 3.83.